The number of halogens is 1. The van der Waals surface area contributed by atoms with E-state index in [2.05, 4.69) is 34.8 Å². The summed E-state index contributed by atoms with van der Waals surface area (Å²) in [6.07, 6.45) is 1.79. The van der Waals surface area contributed by atoms with Crippen LogP contribution in [0.5, 0.6) is 5.75 Å². The summed E-state index contributed by atoms with van der Waals surface area (Å²) in [6.45, 7) is 8.47. The van der Waals surface area contributed by atoms with E-state index >= 15 is 0 Å². The molecule has 1 aromatic carbocycles. The summed E-state index contributed by atoms with van der Waals surface area (Å²) in [5.41, 5.74) is 1.00. The molecule has 166 valence electrons. The van der Waals surface area contributed by atoms with E-state index in [9.17, 15) is 9.90 Å². The summed E-state index contributed by atoms with van der Waals surface area (Å²) in [6, 6.07) is 7.58. The van der Waals surface area contributed by atoms with Crippen molar-refractivity contribution in [1.29, 1.82) is 0 Å². The number of ether oxygens (including phenoxy) is 1. The molecule has 7 nitrogen and oxygen atoms in total. The van der Waals surface area contributed by atoms with Gasteiger partial charge in [-0.05, 0) is 49.3 Å². The summed E-state index contributed by atoms with van der Waals surface area (Å²) in [5.74, 6) is 2.22. The molecule has 1 aromatic rings. The second-order valence-corrected chi connectivity index (χ2v) is 7.21. The van der Waals surface area contributed by atoms with E-state index in [0.717, 1.165) is 30.7 Å². The number of aliphatic hydroxyl groups excluding tert-OH is 1. The van der Waals surface area contributed by atoms with Crippen molar-refractivity contribution < 1.29 is 14.6 Å². The minimum Gasteiger partial charge on any atom is -0.497 e. The van der Waals surface area contributed by atoms with Gasteiger partial charge >= 0.3 is 0 Å². The van der Waals surface area contributed by atoms with Gasteiger partial charge in [-0.25, -0.2) is 4.99 Å². The molecule has 1 amide bonds. The summed E-state index contributed by atoms with van der Waals surface area (Å²) in [7, 11) is 1.62. The van der Waals surface area contributed by atoms with Gasteiger partial charge in [0.15, 0.2) is 5.96 Å². The van der Waals surface area contributed by atoms with Gasteiger partial charge in [0, 0.05) is 26.2 Å². The molecule has 0 saturated heterocycles. The summed E-state index contributed by atoms with van der Waals surface area (Å²) >= 11 is 0. The van der Waals surface area contributed by atoms with Crippen LogP contribution in [0.3, 0.4) is 0 Å². The molecule has 4 N–H and O–H groups in total. The van der Waals surface area contributed by atoms with E-state index in [4.69, 9.17) is 4.74 Å². The highest BCUT2D eigenvalue weighted by Crippen LogP contribution is 2.14. The average Bonchev–Trinajstić information content (AvgIpc) is 2.68. The Labute approximate surface area is 192 Å². The molecule has 0 bridgehead atoms. The number of carbonyl (C=O) groups is 1. The molecular weight excluding hydrogens is 483 g/mol. The van der Waals surface area contributed by atoms with Crippen LogP contribution in [0.25, 0.3) is 0 Å². The minimum atomic E-state index is -0.137. The largest absolute Gasteiger partial charge is 0.497 e. The number of nitrogens with one attached hydrogen (secondary N) is 3. The van der Waals surface area contributed by atoms with Crippen molar-refractivity contribution in [2.45, 2.75) is 40.2 Å². The number of hydrogen-bond donors (Lipinski definition) is 4. The maximum absolute atomic E-state index is 12.1. The predicted molar refractivity (Wildman–Crippen MR) is 129 cm³/mol. The normalized spacial score (nSPS) is 12.1. The fourth-order valence-corrected chi connectivity index (χ4v) is 2.89. The molecule has 1 unspecified atom stereocenters. The number of aliphatic imine (C=N–C) groups is 1. The molecule has 0 aliphatic carbocycles. The zero-order valence-corrected chi connectivity index (χ0v) is 20.4. The molecule has 0 saturated carbocycles. The fourth-order valence-electron chi connectivity index (χ4n) is 2.89. The van der Waals surface area contributed by atoms with Crippen LogP contribution in [0, 0.1) is 11.8 Å². The standard InChI is InChI=1S/C21H36N4O3.HI/c1-5-22-21(24-14-18(10-11-26)12-16(2)3)25-15-20(27)23-13-17-6-8-19(28-4)9-7-17;/h6-9,16,18,26H,5,10-15H2,1-4H3,(H,23,27)(H2,22,24,25);1H. The van der Waals surface area contributed by atoms with E-state index < -0.39 is 0 Å². The topological polar surface area (TPSA) is 95.0 Å². The van der Waals surface area contributed by atoms with Gasteiger partial charge in [-0.2, -0.15) is 0 Å². The Balaban J connectivity index is 0.00000784. The molecule has 0 fully saturated rings. The summed E-state index contributed by atoms with van der Waals surface area (Å²) in [5, 5.41) is 18.6. The molecule has 0 aliphatic heterocycles. The first-order valence-corrected chi connectivity index (χ1v) is 10.0. The highest BCUT2D eigenvalue weighted by atomic mass is 127. The van der Waals surface area contributed by atoms with Gasteiger partial charge in [-0.15, -0.1) is 24.0 Å². The maximum atomic E-state index is 12.1. The van der Waals surface area contributed by atoms with Gasteiger partial charge in [0.25, 0.3) is 0 Å². The van der Waals surface area contributed by atoms with Crippen molar-refractivity contribution in [1.82, 2.24) is 16.0 Å². The van der Waals surface area contributed by atoms with Crippen molar-refractivity contribution in [2.75, 3.05) is 33.4 Å². The number of aliphatic hydroxyl groups is 1. The molecular formula is C21H37IN4O3. The first kappa shape index (κ1) is 27.5. The van der Waals surface area contributed by atoms with E-state index in [1.165, 1.54) is 0 Å². The molecule has 1 atom stereocenters. The van der Waals surface area contributed by atoms with Crippen LogP contribution in [0.15, 0.2) is 29.3 Å². The van der Waals surface area contributed by atoms with Gasteiger partial charge in [0.1, 0.15) is 12.3 Å². The van der Waals surface area contributed by atoms with Crippen LogP contribution < -0.4 is 20.7 Å². The Morgan fingerprint density at radius 3 is 2.41 bits per heavy atom. The number of guanidine groups is 1. The zero-order valence-electron chi connectivity index (χ0n) is 18.0. The van der Waals surface area contributed by atoms with E-state index in [1.807, 2.05) is 31.2 Å². The number of rotatable bonds is 12. The lowest BCUT2D eigenvalue weighted by atomic mass is 9.94. The smallest absolute Gasteiger partial charge is 0.242 e. The van der Waals surface area contributed by atoms with Crippen LogP contribution in [0.2, 0.25) is 0 Å². The number of methoxy groups -OCH3 is 1. The molecule has 0 heterocycles. The number of amides is 1. The van der Waals surface area contributed by atoms with Gasteiger partial charge in [0.05, 0.1) is 7.11 Å². The van der Waals surface area contributed by atoms with Crippen molar-refractivity contribution in [2.24, 2.45) is 16.8 Å². The van der Waals surface area contributed by atoms with Crippen LogP contribution >= 0.6 is 24.0 Å². The lowest BCUT2D eigenvalue weighted by Gasteiger charge is -2.20. The van der Waals surface area contributed by atoms with Gasteiger partial charge < -0.3 is 25.8 Å². The number of carbonyl (C=O) groups excluding carboxylic acids is 1. The lowest BCUT2D eigenvalue weighted by molar-refractivity contribution is -0.119. The van der Waals surface area contributed by atoms with E-state index in [-0.39, 0.29) is 43.0 Å². The van der Waals surface area contributed by atoms with Crippen molar-refractivity contribution >= 4 is 35.8 Å². The maximum Gasteiger partial charge on any atom is 0.242 e. The predicted octanol–water partition coefficient (Wildman–Crippen LogP) is 2.53. The van der Waals surface area contributed by atoms with Gasteiger partial charge in [-0.1, -0.05) is 26.0 Å². The molecule has 1 rings (SSSR count). The third kappa shape index (κ3) is 12.6. The van der Waals surface area contributed by atoms with Gasteiger partial charge in [0.2, 0.25) is 5.91 Å². The quantitative estimate of drug-likeness (QED) is 0.193. The Hall–Kier alpha value is -1.55. The highest BCUT2D eigenvalue weighted by molar-refractivity contribution is 14.0. The Morgan fingerprint density at radius 2 is 1.86 bits per heavy atom. The van der Waals surface area contributed by atoms with E-state index in [1.54, 1.807) is 7.11 Å². The van der Waals surface area contributed by atoms with Crippen LogP contribution in [0.4, 0.5) is 0 Å². The molecule has 0 spiro atoms. The average molecular weight is 520 g/mol. The summed E-state index contributed by atoms with van der Waals surface area (Å²) < 4.78 is 5.13. The lowest BCUT2D eigenvalue weighted by Crippen LogP contribution is -2.41. The second kappa shape index (κ2) is 16.3. The van der Waals surface area contributed by atoms with Crippen molar-refractivity contribution in [3.05, 3.63) is 29.8 Å². The van der Waals surface area contributed by atoms with Crippen LogP contribution in [-0.4, -0.2) is 50.3 Å². The molecule has 29 heavy (non-hydrogen) atoms. The third-order valence-electron chi connectivity index (χ3n) is 4.27. The van der Waals surface area contributed by atoms with E-state index in [0.29, 0.717) is 30.9 Å². The first-order valence-electron chi connectivity index (χ1n) is 10.0. The van der Waals surface area contributed by atoms with Crippen LogP contribution in [0.1, 0.15) is 39.2 Å². The Morgan fingerprint density at radius 1 is 1.17 bits per heavy atom. The second-order valence-electron chi connectivity index (χ2n) is 7.21. The van der Waals surface area contributed by atoms with Crippen LogP contribution in [-0.2, 0) is 11.3 Å². The monoisotopic (exact) mass is 520 g/mol. The third-order valence-corrected chi connectivity index (χ3v) is 4.27. The first-order chi connectivity index (χ1) is 13.5. The zero-order chi connectivity index (χ0) is 20.8. The SMILES string of the molecule is CCNC(=NCC(=O)NCc1ccc(OC)cc1)NCC(CCO)CC(C)C.I. The van der Waals surface area contributed by atoms with Crippen molar-refractivity contribution in [3.63, 3.8) is 0 Å². The molecule has 0 aromatic heterocycles. The number of nitrogens with zero attached hydrogens (tertiary/aromatic N) is 1. The molecule has 8 heteroatoms. The fraction of sp³-hybridized carbons (Fsp3) is 0.619. The Kier molecular flexibility index (Phi) is 15.4. The molecule has 0 radical (unpaired) electrons. The summed E-state index contributed by atoms with van der Waals surface area (Å²) in [4.78, 5) is 16.5. The highest BCUT2D eigenvalue weighted by Gasteiger charge is 2.11. The van der Waals surface area contributed by atoms with Gasteiger partial charge in [-0.3, -0.25) is 4.79 Å². The number of hydrogen-bond acceptors (Lipinski definition) is 4. The Bertz CT molecular complexity index is 594. The molecule has 0 aliphatic rings. The minimum absolute atomic E-state index is 0. The number of benzene rings is 1. The van der Waals surface area contributed by atoms with Crippen molar-refractivity contribution in [3.8, 4) is 5.75 Å².